The topological polar surface area (TPSA) is 146 Å². The SMILES string of the molecule is CCC(Cc1ccccc1)(NC[C@@](C)(O)CS(=O)(=O)c1ccc2c(c1)OCO2)NC(=O)[C@@H](NC(=O)CN1CCCC1)C(C)C. The van der Waals surface area contributed by atoms with Gasteiger partial charge in [-0.3, -0.25) is 19.8 Å². The molecule has 0 spiro atoms. The van der Waals surface area contributed by atoms with Gasteiger partial charge in [0.1, 0.15) is 6.04 Å². The van der Waals surface area contributed by atoms with Gasteiger partial charge in [-0.05, 0) is 62.9 Å². The predicted octanol–water partition coefficient (Wildman–Crippen LogP) is 2.23. The molecule has 0 aromatic heterocycles. The Kier molecular flexibility index (Phi) is 10.9. The third-order valence-corrected chi connectivity index (χ3v) is 10.1. The summed E-state index contributed by atoms with van der Waals surface area (Å²) in [4.78, 5) is 28.8. The number of benzene rings is 2. The van der Waals surface area contributed by atoms with E-state index in [9.17, 15) is 23.1 Å². The summed E-state index contributed by atoms with van der Waals surface area (Å²) >= 11 is 0. The fourth-order valence-corrected chi connectivity index (χ4v) is 7.27. The number of sulfone groups is 1. The molecule has 12 heteroatoms. The number of aliphatic hydroxyl groups is 1. The molecule has 11 nitrogen and oxygen atoms in total. The minimum atomic E-state index is -3.91. The first-order valence-corrected chi connectivity index (χ1v) is 16.9. The number of nitrogens with zero attached hydrogens (tertiary/aromatic N) is 1. The van der Waals surface area contributed by atoms with Crippen molar-refractivity contribution in [2.24, 2.45) is 5.92 Å². The highest BCUT2D eigenvalue weighted by Gasteiger charge is 2.38. The molecule has 4 N–H and O–H groups in total. The molecular formula is C32H46N4O7S. The van der Waals surface area contributed by atoms with E-state index in [4.69, 9.17) is 9.47 Å². The van der Waals surface area contributed by atoms with Crippen LogP contribution in [-0.2, 0) is 25.8 Å². The zero-order chi connectivity index (χ0) is 32.0. The van der Waals surface area contributed by atoms with Crippen LogP contribution in [0.1, 0.15) is 52.5 Å². The summed E-state index contributed by atoms with van der Waals surface area (Å²) in [7, 11) is -3.91. The molecule has 2 aliphatic heterocycles. The lowest BCUT2D eigenvalue weighted by atomic mass is 9.94. The van der Waals surface area contributed by atoms with E-state index in [0.29, 0.717) is 24.3 Å². The number of amides is 2. The van der Waals surface area contributed by atoms with Gasteiger partial charge in [-0.1, -0.05) is 51.1 Å². The summed E-state index contributed by atoms with van der Waals surface area (Å²) in [6.45, 7) is 8.99. The van der Waals surface area contributed by atoms with E-state index < -0.39 is 32.9 Å². The Morgan fingerprint density at radius 2 is 1.73 bits per heavy atom. The van der Waals surface area contributed by atoms with Crippen molar-refractivity contribution in [3.63, 3.8) is 0 Å². The molecule has 2 aromatic rings. The molecule has 4 rings (SSSR count). The second-order valence-corrected chi connectivity index (χ2v) is 14.5. The summed E-state index contributed by atoms with van der Waals surface area (Å²) in [5, 5.41) is 20.7. The number of nitrogens with one attached hydrogen (secondary N) is 3. The second kappa shape index (κ2) is 14.3. The maximum absolute atomic E-state index is 13.8. The summed E-state index contributed by atoms with van der Waals surface area (Å²) < 4.78 is 37.2. The summed E-state index contributed by atoms with van der Waals surface area (Å²) in [6.07, 6.45) is 2.92. The van der Waals surface area contributed by atoms with Gasteiger partial charge >= 0.3 is 0 Å². The lowest BCUT2D eigenvalue weighted by Crippen LogP contribution is -2.66. The van der Waals surface area contributed by atoms with Crippen LogP contribution in [0.5, 0.6) is 11.5 Å². The molecule has 0 aliphatic carbocycles. The molecule has 2 aromatic carbocycles. The predicted molar refractivity (Wildman–Crippen MR) is 167 cm³/mol. The van der Waals surface area contributed by atoms with Crippen molar-refractivity contribution in [1.82, 2.24) is 20.9 Å². The zero-order valence-electron chi connectivity index (χ0n) is 26.1. The average molecular weight is 631 g/mol. The van der Waals surface area contributed by atoms with E-state index >= 15 is 0 Å². The van der Waals surface area contributed by atoms with E-state index in [-0.39, 0.29) is 42.5 Å². The third-order valence-electron chi connectivity index (χ3n) is 8.16. The van der Waals surface area contributed by atoms with Crippen molar-refractivity contribution in [3.8, 4) is 11.5 Å². The van der Waals surface area contributed by atoms with Crippen LogP contribution in [0.3, 0.4) is 0 Å². The lowest BCUT2D eigenvalue weighted by Gasteiger charge is -2.39. The molecule has 44 heavy (non-hydrogen) atoms. The van der Waals surface area contributed by atoms with E-state index in [1.54, 1.807) is 0 Å². The van der Waals surface area contributed by atoms with Gasteiger partial charge in [0, 0.05) is 19.0 Å². The van der Waals surface area contributed by atoms with E-state index in [1.807, 2.05) is 51.1 Å². The largest absolute Gasteiger partial charge is 0.454 e. The van der Waals surface area contributed by atoms with Crippen molar-refractivity contribution < 1.29 is 32.6 Å². The monoisotopic (exact) mass is 630 g/mol. The van der Waals surface area contributed by atoms with E-state index in [0.717, 1.165) is 31.5 Å². The molecule has 2 amide bonds. The molecular weight excluding hydrogens is 584 g/mol. The van der Waals surface area contributed by atoms with Gasteiger partial charge in [0.2, 0.25) is 18.6 Å². The van der Waals surface area contributed by atoms with Crippen molar-refractivity contribution in [2.45, 2.75) is 75.6 Å². The fourth-order valence-electron chi connectivity index (χ4n) is 5.62. The van der Waals surface area contributed by atoms with E-state index in [2.05, 4.69) is 20.9 Å². The highest BCUT2D eigenvalue weighted by molar-refractivity contribution is 7.91. The smallest absolute Gasteiger partial charge is 0.244 e. The second-order valence-electron chi connectivity index (χ2n) is 12.5. The molecule has 3 atom stereocenters. The van der Waals surface area contributed by atoms with Gasteiger partial charge < -0.3 is 25.2 Å². The van der Waals surface area contributed by atoms with Crippen LogP contribution in [-0.4, -0.2) is 86.3 Å². The minimum absolute atomic E-state index is 0.0193. The Hall–Kier alpha value is -3.19. The van der Waals surface area contributed by atoms with Gasteiger partial charge in [-0.15, -0.1) is 0 Å². The number of rotatable bonds is 15. The molecule has 1 fully saturated rings. The number of fused-ring (bicyclic) bond motifs is 1. The highest BCUT2D eigenvalue weighted by atomic mass is 32.2. The van der Waals surface area contributed by atoms with Crippen LogP contribution in [0.25, 0.3) is 0 Å². The molecule has 2 aliphatic rings. The summed E-state index contributed by atoms with van der Waals surface area (Å²) in [6, 6.07) is 13.2. The first-order chi connectivity index (χ1) is 20.8. The van der Waals surface area contributed by atoms with Gasteiger partial charge in [-0.2, -0.15) is 0 Å². The molecule has 1 saturated heterocycles. The normalized spacial score (nSPS) is 18.4. The molecule has 2 heterocycles. The Labute approximate surface area is 260 Å². The maximum Gasteiger partial charge on any atom is 0.244 e. The van der Waals surface area contributed by atoms with Crippen LogP contribution in [0.15, 0.2) is 53.4 Å². The number of hydrogen-bond acceptors (Lipinski definition) is 9. The Morgan fingerprint density at radius 1 is 1.05 bits per heavy atom. The number of carbonyl (C=O) groups is 2. The number of ether oxygens (including phenoxy) is 2. The Bertz CT molecular complexity index is 1390. The molecule has 0 bridgehead atoms. The Morgan fingerprint density at radius 3 is 2.39 bits per heavy atom. The van der Waals surface area contributed by atoms with Crippen molar-refractivity contribution in [1.29, 1.82) is 0 Å². The van der Waals surface area contributed by atoms with E-state index in [1.165, 1.54) is 25.1 Å². The van der Waals surface area contributed by atoms with Crippen LogP contribution in [0.4, 0.5) is 0 Å². The van der Waals surface area contributed by atoms with Gasteiger partial charge in [-0.25, -0.2) is 8.42 Å². The number of hydrogen-bond donors (Lipinski definition) is 4. The fraction of sp³-hybridized carbons (Fsp3) is 0.562. The number of likely N-dealkylation sites (tertiary alicyclic amines) is 1. The molecule has 0 saturated carbocycles. The lowest BCUT2D eigenvalue weighted by molar-refractivity contribution is -0.132. The summed E-state index contributed by atoms with van der Waals surface area (Å²) in [5.74, 6) is -0.491. The standard InChI is InChI=1S/C32H46N4O7S/c1-5-32(18-24-11-7-6-8-12-24,35-30(38)29(23(2)3)34-28(37)19-36-15-9-10-16-36)33-20-31(4,39)21-44(40,41)25-13-14-26-27(17-25)43-22-42-26/h6-8,11-14,17,23,29,33,39H,5,9-10,15-16,18-22H2,1-4H3,(H,34,37)(H,35,38)/t29-,31+,32?/m0/s1. The molecule has 242 valence electrons. The Balaban J connectivity index is 1.50. The van der Waals surface area contributed by atoms with Crippen LogP contribution >= 0.6 is 0 Å². The molecule has 1 unspecified atom stereocenters. The highest BCUT2D eigenvalue weighted by Crippen LogP contribution is 2.34. The first-order valence-electron chi connectivity index (χ1n) is 15.3. The van der Waals surface area contributed by atoms with Crippen LogP contribution < -0.4 is 25.4 Å². The first kappa shape index (κ1) is 33.7. The quantitative estimate of drug-likeness (QED) is 0.218. The van der Waals surface area contributed by atoms with Crippen molar-refractivity contribution in [3.05, 3.63) is 54.1 Å². The minimum Gasteiger partial charge on any atom is -0.454 e. The molecule has 0 radical (unpaired) electrons. The summed E-state index contributed by atoms with van der Waals surface area (Å²) in [5.41, 5.74) is -1.80. The van der Waals surface area contributed by atoms with Gasteiger partial charge in [0.05, 0.1) is 28.5 Å². The zero-order valence-corrected chi connectivity index (χ0v) is 26.9. The van der Waals surface area contributed by atoms with Crippen LogP contribution in [0, 0.1) is 5.92 Å². The van der Waals surface area contributed by atoms with Gasteiger partial charge in [0.25, 0.3) is 0 Å². The third kappa shape index (κ3) is 8.93. The maximum atomic E-state index is 13.8. The number of carbonyl (C=O) groups excluding carboxylic acids is 2. The van der Waals surface area contributed by atoms with Crippen molar-refractivity contribution in [2.75, 3.05) is 38.7 Å². The van der Waals surface area contributed by atoms with Gasteiger partial charge in [0.15, 0.2) is 21.3 Å². The van der Waals surface area contributed by atoms with Crippen LogP contribution in [0.2, 0.25) is 0 Å². The average Bonchev–Trinajstić information content (AvgIpc) is 3.66. The van der Waals surface area contributed by atoms with Crippen molar-refractivity contribution >= 4 is 21.7 Å².